The molecule has 0 N–H and O–H groups in total. The first-order chi connectivity index (χ1) is 5.11. The number of hydrogen-bond acceptors (Lipinski definition) is 1. The van der Waals surface area contributed by atoms with Gasteiger partial charge in [0.05, 0.1) is 0 Å². The van der Waals surface area contributed by atoms with Crippen molar-refractivity contribution in [1.82, 2.24) is 0 Å². The molecule has 0 aliphatic rings. The quantitative estimate of drug-likeness (QED) is 0.550. The number of rotatable bonds is 3. The molecule has 0 amide bonds. The minimum atomic E-state index is 1.07. The first kappa shape index (κ1) is 10.4. The first-order valence-electron chi connectivity index (χ1n) is 4.32. The summed E-state index contributed by atoms with van der Waals surface area (Å²) in [7, 11) is 0. The van der Waals surface area contributed by atoms with E-state index in [2.05, 4.69) is 39.6 Å². The maximum atomic E-state index is 4.51. The van der Waals surface area contributed by atoms with Crippen molar-refractivity contribution < 1.29 is 0 Å². The van der Waals surface area contributed by atoms with Crippen LogP contribution in [0, 0.1) is 0 Å². The summed E-state index contributed by atoms with van der Waals surface area (Å²) in [5.41, 5.74) is 3.77. The van der Waals surface area contributed by atoms with Gasteiger partial charge in [0.15, 0.2) is 0 Å². The largest absolute Gasteiger partial charge is 0.263 e. The number of nitrogens with zero attached hydrogens (tertiary/aromatic N) is 1. The second-order valence-electron chi connectivity index (χ2n) is 2.97. The lowest BCUT2D eigenvalue weighted by molar-refractivity contribution is 1.10. The third-order valence-electron chi connectivity index (χ3n) is 1.87. The lowest BCUT2D eigenvalue weighted by Gasteiger charge is -2.01. The van der Waals surface area contributed by atoms with Crippen molar-refractivity contribution in [2.45, 2.75) is 47.5 Å². The third-order valence-corrected chi connectivity index (χ3v) is 1.87. The average Bonchev–Trinajstić information content (AvgIpc) is 1.99. The Morgan fingerprint density at radius 1 is 1.00 bits per heavy atom. The Morgan fingerprint density at radius 3 is 1.73 bits per heavy atom. The summed E-state index contributed by atoms with van der Waals surface area (Å²) < 4.78 is 0. The zero-order valence-corrected chi connectivity index (χ0v) is 8.36. The van der Waals surface area contributed by atoms with Crippen LogP contribution >= 0.6 is 0 Å². The molecule has 0 aliphatic heterocycles. The second-order valence-corrected chi connectivity index (χ2v) is 2.97. The predicted octanol–water partition coefficient (Wildman–Crippen LogP) is 3.56. The van der Waals surface area contributed by atoms with Crippen molar-refractivity contribution in [3.8, 4) is 0 Å². The van der Waals surface area contributed by atoms with Gasteiger partial charge < -0.3 is 0 Å². The van der Waals surface area contributed by atoms with Crippen LogP contribution in [0.4, 0.5) is 0 Å². The van der Waals surface area contributed by atoms with Gasteiger partial charge in [-0.05, 0) is 33.6 Å². The van der Waals surface area contributed by atoms with Gasteiger partial charge in [-0.1, -0.05) is 19.4 Å². The zero-order chi connectivity index (χ0) is 8.85. The molecule has 0 aromatic heterocycles. The van der Waals surface area contributed by atoms with Crippen LogP contribution in [0.3, 0.4) is 0 Å². The molecule has 1 heteroatoms. The summed E-state index contributed by atoms with van der Waals surface area (Å²) >= 11 is 0. The number of allylic oxidation sites excluding steroid dienone is 2. The van der Waals surface area contributed by atoms with E-state index in [4.69, 9.17) is 0 Å². The van der Waals surface area contributed by atoms with Crippen LogP contribution in [0.15, 0.2) is 16.3 Å². The van der Waals surface area contributed by atoms with E-state index in [9.17, 15) is 0 Å². The highest BCUT2D eigenvalue weighted by molar-refractivity contribution is 5.84. The SMILES string of the molecule is CCC(CC)=NC(C)=C(C)C. The Balaban J connectivity index is 4.39. The Bertz CT molecular complexity index is 165. The van der Waals surface area contributed by atoms with Crippen molar-refractivity contribution in [3.63, 3.8) is 0 Å². The third kappa shape index (κ3) is 3.97. The fourth-order valence-corrected chi connectivity index (χ4v) is 0.757. The first-order valence-corrected chi connectivity index (χ1v) is 4.32. The fraction of sp³-hybridized carbons (Fsp3) is 0.700. The van der Waals surface area contributed by atoms with Gasteiger partial charge in [-0.3, -0.25) is 4.99 Å². The smallest absolute Gasteiger partial charge is 0.0358 e. The van der Waals surface area contributed by atoms with E-state index in [1.165, 1.54) is 17.0 Å². The van der Waals surface area contributed by atoms with Gasteiger partial charge in [0, 0.05) is 11.4 Å². The van der Waals surface area contributed by atoms with Crippen molar-refractivity contribution >= 4 is 5.71 Å². The molecule has 0 rings (SSSR count). The number of aliphatic imine (C=N–C) groups is 1. The van der Waals surface area contributed by atoms with Gasteiger partial charge >= 0.3 is 0 Å². The van der Waals surface area contributed by atoms with E-state index in [-0.39, 0.29) is 0 Å². The minimum absolute atomic E-state index is 1.07. The predicted molar refractivity (Wildman–Crippen MR) is 52.1 cm³/mol. The monoisotopic (exact) mass is 153 g/mol. The normalized spacial score (nSPS) is 9.18. The van der Waals surface area contributed by atoms with Crippen LogP contribution in [0.2, 0.25) is 0 Å². The van der Waals surface area contributed by atoms with Gasteiger partial charge in [-0.2, -0.15) is 0 Å². The van der Waals surface area contributed by atoms with Crippen molar-refractivity contribution in [3.05, 3.63) is 11.3 Å². The summed E-state index contributed by atoms with van der Waals surface area (Å²) in [6.07, 6.45) is 2.14. The average molecular weight is 153 g/mol. The molecule has 11 heavy (non-hydrogen) atoms. The molecule has 0 spiro atoms. The van der Waals surface area contributed by atoms with Gasteiger partial charge in [-0.25, -0.2) is 0 Å². The topological polar surface area (TPSA) is 12.4 Å². The van der Waals surface area contributed by atoms with Crippen LogP contribution in [0.1, 0.15) is 47.5 Å². The Kier molecular flexibility index (Phi) is 4.84. The van der Waals surface area contributed by atoms with Crippen LogP contribution in [0.5, 0.6) is 0 Å². The van der Waals surface area contributed by atoms with E-state index in [1.54, 1.807) is 0 Å². The van der Waals surface area contributed by atoms with Crippen LogP contribution in [0.25, 0.3) is 0 Å². The molecule has 0 saturated carbocycles. The lowest BCUT2D eigenvalue weighted by Crippen LogP contribution is -1.93. The molecule has 0 aliphatic carbocycles. The maximum Gasteiger partial charge on any atom is 0.0358 e. The highest BCUT2D eigenvalue weighted by Crippen LogP contribution is 2.05. The molecule has 0 radical (unpaired) electrons. The zero-order valence-electron chi connectivity index (χ0n) is 8.36. The second kappa shape index (κ2) is 5.11. The highest BCUT2D eigenvalue weighted by atomic mass is 14.7. The lowest BCUT2D eigenvalue weighted by atomic mass is 10.2. The van der Waals surface area contributed by atoms with E-state index in [0.717, 1.165) is 12.8 Å². The van der Waals surface area contributed by atoms with E-state index in [0.29, 0.717) is 0 Å². The number of hydrogen-bond donors (Lipinski definition) is 0. The summed E-state index contributed by atoms with van der Waals surface area (Å²) in [6.45, 7) is 10.6. The van der Waals surface area contributed by atoms with E-state index >= 15 is 0 Å². The molecular formula is C10H19N. The Morgan fingerprint density at radius 2 is 1.45 bits per heavy atom. The molecular weight excluding hydrogens is 134 g/mol. The molecule has 0 aromatic rings. The molecule has 0 unspecified atom stereocenters. The molecule has 0 saturated heterocycles. The van der Waals surface area contributed by atoms with Gasteiger partial charge in [0.1, 0.15) is 0 Å². The summed E-state index contributed by atoms with van der Waals surface area (Å²) in [5, 5.41) is 0. The summed E-state index contributed by atoms with van der Waals surface area (Å²) in [4.78, 5) is 4.51. The Labute approximate surface area is 70.2 Å². The van der Waals surface area contributed by atoms with Crippen molar-refractivity contribution in [2.75, 3.05) is 0 Å². The van der Waals surface area contributed by atoms with E-state index < -0.39 is 0 Å². The molecule has 64 valence electrons. The minimum Gasteiger partial charge on any atom is -0.263 e. The molecule has 1 nitrogen and oxygen atoms in total. The van der Waals surface area contributed by atoms with Crippen LogP contribution in [-0.2, 0) is 0 Å². The van der Waals surface area contributed by atoms with Gasteiger partial charge in [0.2, 0.25) is 0 Å². The van der Waals surface area contributed by atoms with Gasteiger partial charge in [0.25, 0.3) is 0 Å². The van der Waals surface area contributed by atoms with Crippen LogP contribution < -0.4 is 0 Å². The summed E-state index contributed by atoms with van der Waals surface area (Å²) in [5.74, 6) is 0. The molecule has 0 aromatic carbocycles. The standard InChI is InChI=1S/C10H19N/c1-6-10(7-2)11-9(5)8(3)4/h6-7H2,1-5H3. The molecule has 0 heterocycles. The molecule has 0 fully saturated rings. The Hall–Kier alpha value is -0.590. The van der Waals surface area contributed by atoms with Crippen molar-refractivity contribution in [2.24, 2.45) is 4.99 Å². The maximum absolute atomic E-state index is 4.51. The molecule has 0 atom stereocenters. The summed E-state index contributed by atoms with van der Waals surface area (Å²) in [6, 6.07) is 0. The van der Waals surface area contributed by atoms with E-state index in [1.807, 2.05) is 0 Å². The molecule has 0 bridgehead atoms. The van der Waals surface area contributed by atoms with Crippen molar-refractivity contribution in [1.29, 1.82) is 0 Å². The highest BCUT2D eigenvalue weighted by Gasteiger charge is 1.92. The fourth-order valence-electron chi connectivity index (χ4n) is 0.757. The van der Waals surface area contributed by atoms with Gasteiger partial charge in [-0.15, -0.1) is 0 Å². The van der Waals surface area contributed by atoms with Crippen LogP contribution in [-0.4, -0.2) is 5.71 Å².